The van der Waals surface area contributed by atoms with Crippen LogP contribution in [-0.2, 0) is 19.5 Å². The smallest absolute Gasteiger partial charge is 0.142 e. The quantitative estimate of drug-likeness (QED) is 0.415. The summed E-state index contributed by atoms with van der Waals surface area (Å²) in [4.78, 5) is 0. The molecule has 7 heteroatoms. The van der Waals surface area contributed by atoms with Gasteiger partial charge in [0.2, 0.25) is 0 Å². The Morgan fingerprint density at radius 3 is 2.19 bits per heavy atom. The van der Waals surface area contributed by atoms with Crippen LogP contribution < -0.4 is 4.74 Å². The number of halogens is 3. The molecular weight excluding hydrogens is 383 g/mol. The van der Waals surface area contributed by atoms with Gasteiger partial charge in [-0.05, 0) is 12.1 Å². The molecule has 0 amide bonds. The van der Waals surface area contributed by atoms with Gasteiger partial charge in [0.15, 0.2) is 0 Å². The van der Waals surface area contributed by atoms with Gasteiger partial charge in [-0.3, -0.25) is 0 Å². The number of methoxy groups -OCH3 is 1. The van der Waals surface area contributed by atoms with E-state index in [1.807, 2.05) is 6.07 Å². The summed E-state index contributed by atoms with van der Waals surface area (Å²) in [5.41, 5.74) is 0.912. The van der Waals surface area contributed by atoms with E-state index in [9.17, 15) is 0 Å². The predicted molar refractivity (Wildman–Crippen MR) is 88.1 cm³/mol. The molecule has 0 saturated carbocycles. The number of hydrogen-bond acceptors (Lipinski definition) is 4. The van der Waals surface area contributed by atoms with Crippen molar-refractivity contribution in [2.45, 2.75) is 5.33 Å². The first-order valence-corrected chi connectivity index (χ1v) is 8.38. The molecule has 0 fully saturated rings. The Balaban J connectivity index is 2.21. The summed E-state index contributed by atoms with van der Waals surface area (Å²) in [6.45, 7) is 3.11. The number of rotatable bonds is 11. The van der Waals surface area contributed by atoms with Gasteiger partial charge in [-0.1, -0.05) is 39.1 Å². The molecule has 0 bridgehead atoms. The molecule has 1 rings (SSSR count). The molecule has 0 spiro atoms. The summed E-state index contributed by atoms with van der Waals surface area (Å²) in [6.07, 6.45) is 0. The SMILES string of the molecule is COCCOCCOCCOc1c(Cl)cc(Cl)cc1CBr. The van der Waals surface area contributed by atoms with E-state index >= 15 is 0 Å². The van der Waals surface area contributed by atoms with Crippen LogP contribution in [-0.4, -0.2) is 46.8 Å². The molecule has 0 aliphatic carbocycles. The van der Waals surface area contributed by atoms with Crippen molar-refractivity contribution in [2.24, 2.45) is 0 Å². The Morgan fingerprint density at radius 1 is 0.952 bits per heavy atom. The van der Waals surface area contributed by atoms with Crippen LogP contribution in [0.3, 0.4) is 0 Å². The number of hydrogen-bond donors (Lipinski definition) is 0. The van der Waals surface area contributed by atoms with Crippen LogP contribution in [0.2, 0.25) is 10.0 Å². The van der Waals surface area contributed by atoms with E-state index < -0.39 is 0 Å². The zero-order chi connectivity index (χ0) is 15.5. The molecule has 0 saturated heterocycles. The van der Waals surface area contributed by atoms with Gasteiger partial charge in [0.1, 0.15) is 12.4 Å². The van der Waals surface area contributed by atoms with Crippen molar-refractivity contribution in [1.29, 1.82) is 0 Å². The van der Waals surface area contributed by atoms with Gasteiger partial charge in [0.05, 0.1) is 38.1 Å². The molecule has 0 atom stereocenters. The first-order chi connectivity index (χ1) is 10.2. The minimum absolute atomic E-state index is 0.416. The van der Waals surface area contributed by atoms with Crippen LogP contribution in [0.5, 0.6) is 5.75 Å². The van der Waals surface area contributed by atoms with Crippen LogP contribution in [0, 0.1) is 0 Å². The van der Waals surface area contributed by atoms with E-state index in [-0.39, 0.29) is 0 Å². The second kappa shape index (κ2) is 11.5. The molecule has 0 N–H and O–H groups in total. The highest BCUT2D eigenvalue weighted by molar-refractivity contribution is 9.08. The van der Waals surface area contributed by atoms with Gasteiger partial charge < -0.3 is 18.9 Å². The van der Waals surface area contributed by atoms with Crippen molar-refractivity contribution in [3.63, 3.8) is 0 Å². The molecule has 0 radical (unpaired) electrons. The Labute approximate surface area is 143 Å². The van der Waals surface area contributed by atoms with E-state index in [1.165, 1.54) is 0 Å². The molecule has 4 nitrogen and oxygen atoms in total. The average molecular weight is 402 g/mol. The lowest BCUT2D eigenvalue weighted by Gasteiger charge is -2.12. The third kappa shape index (κ3) is 7.68. The van der Waals surface area contributed by atoms with Crippen molar-refractivity contribution >= 4 is 39.1 Å². The molecule has 120 valence electrons. The van der Waals surface area contributed by atoms with E-state index in [4.69, 9.17) is 42.1 Å². The summed E-state index contributed by atoms with van der Waals surface area (Å²) in [5.74, 6) is 0.637. The van der Waals surface area contributed by atoms with Gasteiger partial charge in [0.25, 0.3) is 0 Å². The molecule has 1 aromatic carbocycles. The number of benzene rings is 1. The zero-order valence-electron chi connectivity index (χ0n) is 11.9. The predicted octanol–water partition coefficient (Wildman–Crippen LogP) is 3.95. The van der Waals surface area contributed by atoms with E-state index in [1.54, 1.807) is 13.2 Å². The summed E-state index contributed by atoms with van der Waals surface area (Å²) in [5, 5.41) is 1.71. The third-order valence-electron chi connectivity index (χ3n) is 2.51. The lowest BCUT2D eigenvalue weighted by molar-refractivity contribution is 0.0179. The monoisotopic (exact) mass is 400 g/mol. The molecule has 0 aromatic heterocycles. The number of ether oxygens (including phenoxy) is 4. The van der Waals surface area contributed by atoms with Gasteiger partial charge >= 0.3 is 0 Å². The van der Waals surface area contributed by atoms with Crippen LogP contribution in [0.25, 0.3) is 0 Å². The molecule has 0 aliphatic heterocycles. The van der Waals surface area contributed by atoms with Gasteiger partial charge in [-0.2, -0.15) is 0 Å². The van der Waals surface area contributed by atoms with Crippen molar-refractivity contribution < 1.29 is 18.9 Å². The molecule has 21 heavy (non-hydrogen) atoms. The van der Waals surface area contributed by atoms with Crippen LogP contribution >= 0.6 is 39.1 Å². The lowest BCUT2D eigenvalue weighted by Crippen LogP contribution is -2.12. The van der Waals surface area contributed by atoms with Crippen molar-refractivity contribution in [3.8, 4) is 5.75 Å². The minimum atomic E-state index is 0.416. The highest BCUT2D eigenvalue weighted by Gasteiger charge is 2.09. The maximum absolute atomic E-state index is 6.12. The van der Waals surface area contributed by atoms with Crippen LogP contribution in [0.15, 0.2) is 12.1 Å². The van der Waals surface area contributed by atoms with Crippen LogP contribution in [0.4, 0.5) is 0 Å². The maximum atomic E-state index is 6.12. The fraction of sp³-hybridized carbons (Fsp3) is 0.571. The second-order valence-electron chi connectivity index (χ2n) is 4.08. The summed E-state index contributed by atoms with van der Waals surface area (Å²) < 4.78 is 21.2. The van der Waals surface area contributed by atoms with Gasteiger partial charge in [0, 0.05) is 23.0 Å². The van der Waals surface area contributed by atoms with Gasteiger partial charge in [-0.25, -0.2) is 0 Å². The fourth-order valence-corrected chi connectivity index (χ4v) is 2.55. The lowest BCUT2D eigenvalue weighted by atomic mass is 10.2. The summed E-state index contributed by atoms with van der Waals surface area (Å²) in [6, 6.07) is 3.48. The first kappa shape index (κ1) is 19.0. The normalized spacial score (nSPS) is 10.9. The zero-order valence-corrected chi connectivity index (χ0v) is 15.0. The maximum Gasteiger partial charge on any atom is 0.142 e. The molecule has 0 unspecified atom stereocenters. The molecule has 0 heterocycles. The highest BCUT2D eigenvalue weighted by Crippen LogP contribution is 2.33. The largest absolute Gasteiger partial charge is 0.489 e. The highest BCUT2D eigenvalue weighted by atomic mass is 79.9. The van der Waals surface area contributed by atoms with Gasteiger partial charge in [-0.15, -0.1) is 0 Å². The Morgan fingerprint density at radius 2 is 1.57 bits per heavy atom. The van der Waals surface area contributed by atoms with Crippen molar-refractivity contribution in [2.75, 3.05) is 46.8 Å². The Hall–Kier alpha value is -0.0400. The summed E-state index contributed by atoms with van der Waals surface area (Å²) in [7, 11) is 1.64. The first-order valence-electron chi connectivity index (χ1n) is 6.50. The average Bonchev–Trinajstić information content (AvgIpc) is 2.46. The van der Waals surface area contributed by atoms with E-state index in [0.29, 0.717) is 60.8 Å². The van der Waals surface area contributed by atoms with Crippen LogP contribution in [0.1, 0.15) is 5.56 Å². The third-order valence-corrected chi connectivity index (χ3v) is 3.61. The minimum Gasteiger partial charge on any atom is -0.489 e. The standard InChI is InChI=1S/C14H19BrCl2O4/c1-18-2-3-19-4-5-20-6-7-21-14-11(10-15)8-12(16)9-13(14)17/h8-9H,2-7,10H2,1H3. The molecule has 1 aromatic rings. The molecular formula is C14H19BrCl2O4. The van der Waals surface area contributed by atoms with Crippen molar-refractivity contribution in [1.82, 2.24) is 0 Å². The molecule has 0 aliphatic rings. The topological polar surface area (TPSA) is 36.9 Å². The fourth-order valence-electron chi connectivity index (χ4n) is 1.54. The van der Waals surface area contributed by atoms with Crippen molar-refractivity contribution in [3.05, 3.63) is 27.7 Å². The Kier molecular flexibility index (Phi) is 10.4. The summed E-state index contributed by atoms with van der Waals surface area (Å²) >= 11 is 15.5. The Bertz CT molecular complexity index is 418. The van der Waals surface area contributed by atoms with E-state index in [2.05, 4.69) is 15.9 Å². The number of alkyl halides is 1. The van der Waals surface area contributed by atoms with E-state index in [0.717, 1.165) is 5.56 Å². The second-order valence-corrected chi connectivity index (χ2v) is 5.48.